The normalized spacial score (nSPS) is 13.3. The molecule has 9 nitrogen and oxygen atoms in total. The third kappa shape index (κ3) is 8.19. The van der Waals surface area contributed by atoms with E-state index < -0.39 is 0 Å². The fourth-order valence-electron chi connectivity index (χ4n) is 3.21. The first-order valence-corrected chi connectivity index (χ1v) is 11.0. The van der Waals surface area contributed by atoms with Gasteiger partial charge in [-0.3, -0.25) is 9.79 Å². The zero-order valence-electron chi connectivity index (χ0n) is 19.6. The minimum atomic E-state index is -0.251. The molecule has 1 fully saturated rings. The van der Waals surface area contributed by atoms with Gasteiger partial charge in [0.2, 0.25) is 6.41 Å². The summed E-state index contributed by atoms with van der Waals surface area (Å²) < 4.78 is 15.5. The fourth-order valence-corrected chi connectivity index (χ4v) is 3.21. The summed E-state index contributed by atoms with van der Waals surface area (Å²) in [5.74, 6) is 0.250. The molecular weight excluding hydrogens is 437 g/mol. The van der Waals surface area contributed by atoms with E-state index >= 15 is 0 Å². The second-order valence-corrected chi connectivity index (χ2v) is 7.48. The number of amidine groups is 1. The van der Waals surface area contributed by atoms with Crippen molar-refractivity contribution in [1.82, 2.24) is 25.0 Å². The molecule has 0 radical (unpaired) electrons. The molecule has 3 aromatic rings. The van der Waals surface area contributed by atoms with Crippen LogP contribution < -0.4 is 11.1 Å². The quantitative estimate of drug-likeness (QED) is 0.221. The number of aliphatic imine (C=N–C) groups is 1. The van der Waals surface area contributed by atoms with Crippen molar-refractivity contribution in [2.45, 2.75) is 32.9 Å². The smallest absolute Gasteiger partial charge is 0.209 e. The molecule has 0 atom stereocenters. The zero-order valence-corrected chi connectivity index (χ0v) is 19.6. The highest BCUT2D eigenvalue weighted by molar-refractivity contribution is 5.80. The number of hydrogen-bond acceptors (Lipinski definition) is 6. The second kappa shape index (κ2) is 14.2. The summed E-state index contributed by atoms with van der Waals surface area (Å²) in [6.45, 7) is 4.39. The maximum absolute atomic E-state index is 13.8. The van der Waals surface area contributed by atoms with Gasteiger partial charge in [-0.25, -0.2) is 14.1 Å². The SMILES string of the molecule is CC(N)=NCc1nn(Cc2ccccc2F)c2ncccc12.CN/C=C/O.O=CN1CCCC1. The van der Waals surface area contributed by atoms with Crippen LogP contribution in [-0.4, -0.2) is 57.2 Å². The third-order valence-corrected chi connectivity index (χ3v) is 4.87. The number of fused-ring (bicyclic) bond motifs is 1. The summed E-state index contributed by atoms with van der Waals surface area (Å²) >= 11 is 0. The Morgan fingerprint density at radius 1 is 1.26 bits per heavy atom. The number of nitrogens with zero attached hydrogens (tertiary/aromatic N) is 5. The number of nitrogens with one attached hydrogen (secondary N) is 1. The Morgan fingerprint density at radius 3 is 2.56 bits per heavy atom. The molecule has 2 aromatic heterocycles. The number of carbonyl (C=O) groups is 1. The van der Waals surface area contributed by atoms with E-state index in [4.69, 9.17) is 10.8 Å². The van der Waals surface area contributed by atoms with Crippen LogP contribution in [0.1, 0.15) is 31.0 Å². The van der Waals surface area contributed by atoms with Crippen LogP contribution in [0.2, 0.25) is 0 Å². The number of likely N-dealkylation sites (tertiary alicyclic amines) is 1. The number of hydrogen-bond donors (Lipinski definition) is 3. The first kappa shape index (κ1) is 26.3. The maximum Gasteiger partial charge on any atom is 0.209 e. The van der Waals surface area contributed by atoms with Gasteiger partial charge in [0.1, 0.15) is 5.82 Å². The lowest BCUT2D eigenvalue weighted by molar-refractivity contribution is -0.117. The summed E-state index contributed by atoms with van der Waals surface area (Å²) in [6, 6.07) is 10.4. The van der Waals surface area contributed by atoms with Crippen molar-refractivity contribution in [2.75, 3.05) is 20.1 Å². The van der Waals surface area contributed by atoms with Gasteiger partial charge < -0.3 is 21.1 Å². The van der Waals surface area contributed by atoms with E-state index in [9.17, 15) is 9.18 Å². The number of aliphatic hydroxyl groups is 1. The zero-order chi connectivity index (χ0) is 24.8. The van der Waals surface area contributed by atoms with Crippen LogP contribution in [0.15, 0.2) is 60.0 Å². The Balaban J connectivity index is 0.000000280. The van der Waals surface area contributed by atoms with Crippen LogP contribution in [0.25, 0.3) is 11.0 Å². The van der Waals surface area contributed by atoms with Crippen molar-refractivity contribution in [3.63, 3.8) is 0 Å². The number of aliphatic hydroxyl groups excluding tert-OH is 1. The van der Waals surface area contributed by atoms with Crippen LogP contribution in [0.3, 0.4) is 0 Å². The highest BCUT2D eigenvalue weighted by Gasteiger charge is 2.12. The predicted molar refractivity (Wildman–Crippen MR) is 132 cm³/mol. The average Bonchev–Trinajstić information content (AvgIpc) is 3.49. The van der Waals surface area contributed by atoms with E-state index in [0.29, 0.717) is 30.1 Å². The highest BCUT2D eigenvalue weighted by atomic mass is 19.1. The maximum atomic E-state index is 13.8. The number of benzene rings is 1. The topological polar surface area (TPSA) is 122 Å². The molecule has 0 aliphatic carbocycles. The molecule has 1 aromatic carbocycles. The van der Waals surface area contributed by atoms with Crippen LogP contribution >= 0.6 is 0 Å². The first-order valence-electron chi connectivity index (χ1n) is 11.0. The minimum absolute atomic E-state index is 0.251. The molecule has 1 amide bonds. The van der Waals surface area contributed by atoms with Crippen molar-refractivity contribution in [2.24, 2.45) is 10.7 Å². The van der Waals surface area contributed by atoms with Gasteiger partial charge in [-0.15, -0.1) is 0 Å². The lowest BCUT2D eigenvalue weighted by atomic mass is 10.2. The van der Waals surface area contributed by atoms with E-state index in [1.807, 2.05) is 12.1 Å². The summed E-state index contributed by atoms with van der Waals surface area (Å²) in [4.78, 5) is 20.3. The minimum Gasteiger partial charge on any atom is -0.514 e. The van der Waals surface area contributed by atoms with Crippen molar-refractivity contribution in [3.05, 3.63) is 72.1 Å². The Bertz CT molecular complexity index is 1090. The van der Waals surface area contributed by atoms with E-state index in [1.54, 1.807) is 47.9 Å². The van der Waals surface area contributed by atoms with Gasteiger partial charge in [0.15, 0.2) is 5.65 Å². The van der Waals surface area contributed by atoms with Gasteiger partial charge in [0.25, 0.3) is 0 Å². The number of amides is 1. The molecule has 182 valence electrons. The Labute approximate surface area is 198 Å². The molecule has 34 heavy (non-hydrogen) atoms. The molecular formula is C24H32FN7O2. The summed E-state index contributed by atoms with van der Waals surface area (Å²) in [5.41, 5.74) is 7.65. The lowest BCUT2D eigenvalue weighted by Gasteiger charge is -2.04. The second-order valence-electron chi connectivity index (χ2n) is 7.48. The summed E-state index contributed by atoms with van der Waals surface area (Å²) in [6.07, 6.45) is 7.38. The van der Waals surface area contributed by atoms with E-state index in [2.05, 4.69) is 20.4 Å². The van der Waals surface area contributed by atoms with Crippen molar-refractivity contribution in [3.8, 4) is 0 Å². The summed E-state index contributed by atoms with van der Waals surface area (Å²) in [7, 11) is 1.72. The van der Waals surface area contributed by atoms with Crippen molar-refractivity contribution < 1.29 is 14.3 Å². The van der Waals surface area contributed by atoms with Crippen LogP contribution in [-0.2, 0) is 17.9 Å². The molecule has 10 heteroatoms. The Kier molecular flexibility index (Phi) is 11.0. The first-order chi connectivity index (χ1) is 16.5. The molecule has 4 N–H and O–H groups in total. The molecule has 0 saturated carbocycles. The van der Waals surface area contributed by atoms with Crippen molar-refractivity contribution in [1.29, 1.82) is 0 Å². The van der Waals surface area contributed by atoms with Gasteiger partial charge in [0, 0.05) is 43.5 Å². The van der Waals surface area contributed by atoms with Crippen LogP contribution in [0.5, 0.6) is 0 Å². The molecule has 1 aliphatic heterocycles. The molecule has 0 spiro atoms. The van der Waals surface area contributed by atoms with Gasteiger partial charge in [-0.05, 0) is 38.0 Å². The Hall–Kier alpha value is -3.95. The monoisotopic (exact) mass is 469 g/mol. The number of rotatable bonds is 6. The van der Waals surface area contributed by atoms with Crippen LogP contribution in [0.4, 0.5) is 4.39 Å². The molecule has 1 aliphatic rings. The third-order valence-electron chi connectivity index (χ3n) is 4.87. The Morgan fingerprint density at radius 2 is 2.00 bits per heavy atom. The van der Waals surface area contributed by atoms with Crippen LogP contribution in [0, 0.1) is 5.82 Å². The molecule has 3 heterocycles. The molecule has 0 bridgehead atoms. The largest absolute Gasteiger partial charge is 0.514 e. The van der Waals surface area contributed by atoms with Crippen molar-refractivity contribution >= 4 is 23.3 Å². The average molecular weight is 470 g/mol. The number of pyridine rings is 1. The number of carbonyl (C=O) groups excluding carboxylic acids is 1. The van der Waals surface area contributed by atoms with Gasteiger partial charge in [-0.1, -0.05) is 18.2 Å². The molecule has 4 rings (SSSR count). The van der Waals surface area contributed by atoms with Gasteiger partial charge in [-0.2, -0.15) is 5.10 Å². The van der Waals surface area contributed by atoms with E-state index in [0.717, 1.165) is 36.8 Å². The highest BCUT2D eigenvalue weighted by Crippen LogP contribution is 2.19. The number of aromatic nitrogens is 3. The lowest BCUT2D eigenvalue weighted by Crippen LogP contribution is -2.15. The summed E-state index contributed by atoms with van der Waals surface area (Å²) in [5, 5.41) is 15.8. The number of halogens is 1. The van der Waals surface area contributed by atoms with E-state index in [-0.39, 0.29) is 5.82 Å². The molecule has 1 saturated heterocycles. The standard InChI is InChI=1S/C16H16FN5.C5H9NO.C3H7NO/c1-11(18)20-9-15-13-6-4-8-19-16(13)22(21-15)10-12-5-2-3-7-14(12)17;7-5-6-3-1-2-4-6;1-4-2-3-5/h2-8H,9-10H2,1H3,(H2,18,20);5H,1-4H2;2-5H,1H3/b;;3-2+. The van der Waals surface area contributed by atoms with Gasteiger partial charge >= 0.3 is 0 Å². The number of nitrogens with two attached hydrogens (primary N) is 1. The molecule has 0 unspecified atom stereocenters. The predicted octanol–water partition coefficient (Wildman–Crippen LogP) is 2.97. The fraction of sp³-hybridized carbons (Fsp3) is 0.333. The van der Waals surface area contributed by atoms with E-state index in [1.165, 1.54) is 25.1 Å². The van der Waals surface area contributed by atoms with Gasteiger partial charge in [0.05, 0.1) is 30.9 Å².